The molecule has 0 fully saturated rings. The monoisotopic (exact) mass is 274 g/mol. The van der Waals surface area contributed by atoms with Crippen LogP contribution in [0, 0.1) is 0 Å². The van der Waals surface area contributed by atoms with E-state index < -0.39 is 0 Å². The molecule has 20 heavy (non-hydrogen) atoms. The highest BCUT2D eigenvalue weighted by Gasteiger charge is 2.09. The smallest absolute Gasteiger partial charge is 0.166 e. The Hall–Kier alpha value is -2.20. The van der Waals surface area contributed by atoms with Gasteiger partial charge in [-0.25, -0.2) is 0 Å². The molecule has 0 spiro atoms. The summed E-state index contributed by atoms with van der Waals surface area (Å²) in [6.45, 7) is 0.710. The van der Waals surface area contributed by atoms with Crippen molar-refractivity contribution >= 4 is 0 Å². The first-order valence-electron chi connectivity index (χ1n) is 6.42. The lowest BCUT2D eigenvalue weighted by Gasteiger charge is -2.14. The van der Waals surface area contributed by atoms with Crippen molar-refractivity contribution in [3.8, 4) is 17.2 Å². The van der Waals surface area contributed by atoms with Crippen LogP contribution in [0.5, 0.6) is 17.2 Å². The SMILES string of the molecule is COc1cccc(CO)c1OCCOc1ccccc1. The van der Waals surface area contributed by atoms with Crippen molar-refractivity contribution in [2.45, 2.75) is 6.61 Å². The van der Waals surface area contributed by atoms with Crippen molar-refractivity contribution in [1.82, 2.24) is 0 Å². The molecule has 4 heteroatoms. The number of aliphatic hydroxyl groups excluding tert-OH is 1. The fraction of sp³-hybridized carbons (Fsp3) is 0.250. The van der Waals surface area contributed by atoms with Crippen LogP contribution in [-0.2, 0) is 6.61 Å². The van der Waals surface area contributed by atoms with Crippen molar-refractivity contribution < 1.29 is 19.3 Å². The van der Waals surface area contributed by atoms with Crippen LogP contribution in [0.15, 0.2) is 48.5 Å². The highest BCUT2D eigenvalue weighted by molar-refractivity contribution is 5.46. The largest absolute Gasteiger partial charge is 0.493 e. The van der Waals surface area contributed by atoms with E-state index in [2.05, 4.69) is 0 Å². The van der Waals surface area contributed by atoms with Gasteiger partial charge in [-0.2, -0.15) is 0 Å². The van der Waals surface area contributed by atoms with E-state index in [1.54, 1.807) is 19.2 Å². The van der Waals surface area contributed by atoms with Gasteiger partial charge in [0, 0.05) is 5.56 Å². The number of ether oxygens (including phenoxy) is 3. The molecule has 0 saturated heterocycles. The average Bonchev–Trinajstić information content (AvgIpc) is 2.52. The number of hydrogen-bond donors (Lipinski definition) is 1. The minimum Gasteiger partial charge on any atom is -0.493 e. The zero-order valence-corrected chi connectivity index (χ0v) is 11.4. The predicted octanol–water partition coefficient (Wildman–Crippen LogP) is 2.65. The Bertz CT molecular complexity index is 503. The Kier molecular flexibility index (Phi) is 5.26. The van der Waals surface area contributed by atoms with Crippen LogP contribution in [0.2, 0.25) is 0 Å². The van der Waals surface area contributed by atoms with Crippen LogP contribution in [0.1, 0.15) is 5.56 Å². The molecule has 1 N–H and O–H groups in total. The van der Waals surface area contributed by atoms with Crippen molar-refractivity contribution in [2.24, 2.45) is 0 Å². The normalized spacial score (nSPS) is 10.1. The van der Waals surface area contributed by atoms with Gasteiger partial charge in [-0.3, -0.25) is 0 Å². The lowest BCUT2D eigenvalue weighted by molar-refractivity contribution is 0.203. The Morgan fingerprint density at radius 1 is 0.900 bits per heavy atom. The van der Waals surface area contributed by atoms with Gasteiger partial charge in [-0.05, 0) is 18.2 Å². The third-order valence-corrected chi connectivity index (χ3v) is 2.79. The van der Waals surface area contributed by atoms with Crippen LogP contribution in [0.4, 0.5) is 0 Å². The summed E-state index contributed by atoms with van der Waals surface area (Å²) in [5.41, 5.74) is 0.698. The van der Waals surface area contributed by atoms with Gasteiger partial charge in [0.2, 0.25) is 0 Å². The van der Waals surface area contributed by atoms with Gasteiger partial charge in [0.15, 0.2) is 11.5 Å². The maximum Gasteiger partial charge on any atom is 0.166 e. The molecule has 2 aromatic carbocycles. The van der Waals surface area contributed by atoms with Crippen molar-refractivity contribution in [3.05, 3.63) is 54.1 Å². The van der Waals surface area contributed by atoms with Gasteiger partial charge in [0.1, 0.15) is 19.0 Å². The van der Waals surface area contributed by atoms with Crippen LogP contribution < -0.4 is 14.2 Å². The first kappa shape index (κ1) is 14.2. The molecule has 2 aromatic rings. The maximum atomic E-state index is 9.31. The van der Waals surface area contributed by atoms with Gasteiger partial charge in [-0.1, -0.05) is 30.3 Å². The highest BCUT2D eigenvalue weighted by Crippen LogP contribution is 2.30. The molecule has 0 aromatic heterocycles. The van der Waals surface area contributed by atoms with Gasteiger partial charge < -0.3 is 19.3 Å². The summed E-state index contributed by atoms with van der Waals surface area (Å²) in [7, 11) is 1.57. The first-order chi connectivity index (χ1) is 9.85. The Balaban J connectivity index is 1.90. The minimum absolute atomic E-state index is 0.0912. The van der Waals surface area contributed by atoms with Gasteiger partial charge in [-0.15, -0.1) is 0 Å². The summed E-state index contributed by atoms with van der Waals surface area (Å²) in [5, 5.41) is 9.31. The summed E-state index contributed by atoms with van der Waals surface area (Å²) in [6.07, 6.45) is 0. The van der Waals surface area contributed by atoms with E-state index in [4.69, 9.17) is 14.2 Å². The van der Waals surface area contributed by atoms with Gasteiger partial charge >= 0.3 is 0 Å². The number of hydrogen-bond acceptors (Lipinski definition) is 4. The molecular weight excluding hydrogens is 256 g/mol. The van der Waals surface area contributed by atoms with E-state index in [0.29, 0.717) is 30.3 Å². The standard InChI is InChI=1S/C16H18O4/c1-18-15-9-5-6-13(12-17)16(15)20-11-10-19-14-7-3-2-4-8-14/h2-9,17H,10-12H2,1H3. The van der Waals surface area contributed by atoms with Crippen molar-refractivity contribution in [1.29, 1.82) is 0 Å². The third kappa shape index (κ3) is 3.65. The van der Waals surface area contributed by atoms with Gasteiger partial charge in [0.05, 0.1) is 13.7 Å². The van der Waals surface area contributed by atoms with E-state index in [-0.39, 0.29) is 6.61 Å². The van der Waals surface area contributed by atoms with E-state index in [1.807, 2.05) is 36.4 Å². The molecule has 0 aliphatic heterocycles. The van der Waals surface area contributed by atoms with Crippen LogP contribution in [0.25, 0.3) is 0 Å². The Morgan fingerprint density at radius 2 is 1.65 bits per heavy atom. The first-order valence-corrected chi connectivity index (χ1v) is 6.42. The molecule has 0 aliphatic rings. The second-order valence-corrected chi connectivity index (χ2v) is 4.12. The third-order valence-electron chi connectivity index (χ3n) is 2.79. The lowest BCUT2D eigenvalue weighted by atomic mass is 10.2. The summed E-state index contributed by atoms with van der Waals surface area (Å²) in [6, 6.07) is 15.0. The fourth-order valence-corrected chi connectivity index (χ4v) is 1.83. The second kappa shape index (κ2) is 7.40. The molecule has 0 unspecified atom stereocenters. The molecule has 0 bridgehead atoms. The molecule has 0 saturated carbocycles. The zero-order chi connectivity index (χ0) is 14.2. The van der Waals surface area contributed by atoms with E-state index >= 15 is 0 Å². The summed E-state index contributed by atoms with van der Waals surface area (Å²) < 4.78 is 16.4. The van der Waals surface area contributed by atoms with E-state index in [0.717, 1.165) is 5.75 Å². The Morgan fingerprint density at radius 3 is 2.35 bits per heavy atom. The number of methoxy groups -OCH3 is 1. The number of benzene rings is 2. The summed E-state index contributed by atoms with van der Waals surface area (Å²) in [5.74, 6) is 1.98. The van der Waals surface area contributed by atoms with Crippen molar-refractivity contribution in [2.75, 3.05) is 20.3 Å². The van der Waals surface area contributed by atoms with Crippen LogP contribution in [-0.4, -0.2) is 25.4 Å². The predicted molar refractivity (Wildman–Crippen MR) is 76.3 cm³/mol. The van der Waals surface area contributed by atoms with Crippen LogP contribution in [0.3, 0.4) is 0 Å². The van der Waals surface area contributed by atoms with Crippen LogP contribution >= 0.6 is 0 Å². The topological polar surface area (TPSA) is 47.9 Å². The molecule has 0 amide bonds. The second-order valence-electron chi connectivity index (χ2n) is 4.12. The maximum absolute atomic E-state index is 9.31. The number of rotatable bonds is 7. The molecule has 0 aliphatic carbocycles. The molecule has 4 nitrogen and oxygen atoms in total. The average molecular weight is 274 g/mol. The molecule has 106 valence electrons. The van der Waals surface area contributed by atoms with E-state index in [1.165, 1.54) is 0 Å². The number of aliphatic hydroxyl groups is 1. The summed E-state index contributed by atoms with van der Waals surface area (Å²) >= 11 is 0. The Labute approximate surface area is 118 Å². The molecular formula is C16H18O4. The lowest BCUT2D eigenvalue weighted by Crippen LogP contribution is -2.10. The number of para-hydroxylation sites is 2. The molecule has 2 rings (SSSR count). The minimum atomic E-state index is -0.0912. The van der Waals surface area contributed by atoms with Gasteiger partial charge in [0.25, 0.3) is 0 Å². The molecule has 0 atom stereocenters. The molecule has 0 heterocycles. The zero-order valence-electron chi connectivity index (χ0n) is 11.4. The molecule has 0 radical (unpaired) electrons. The quantitative estimate of drug-likeness (QED) is 0.789. The van der Waals surface area contributed by atoms with E-state index in [9.17, 15) is 5.11 Å². The fourth-order valence-electron chi connectivity index (χ4n) is 1.83. The van der Waals surface area contributed by atoms with Crippen molar-refractivity contribution in [3.63, 3.8) is 0 Å². The summed E-state index contributed by atoms with van der Waals surface area (Å²) in [4.78, 5) is 0. The highest BCUT2D eigenvalue weighted by atomic mass is 16.5.